The summed E-state index contributed by atoms with van der Waals surface area (Å²) < 4.78 is 42.7. The summed E-state index contributed by atoms with van der Waals surface area (Å²) in [5.41, 5.74) is 2.31. The summed E-state index contributed by atoms with van der Waals surface area (Å²) in [5.74, 6) is 1.49. The summed E-state index contributed by atoms with van der Waals surface area (Å²) in [4.78, 5) is 2.23. The van der Waals surface area contributed by atoms with E-state index < -0.39 is 11.6 Å². The SMILES string of the molecule is Fc1ccc(Cc2cc(N3CCSCC3)n(-c3ccc(F)cc3F)c2)cc1. The first-order valence-corrected chi connectivity index (χ1v) is 9.99. The van der Waals surface area contributed by atoms with Gasteiger partial charge in [-0.15, -0.1) is 0 Å². The molecule has 0 saturated carbocycles. The Bertz CT molecular complexity index is 931. The summed E-state index contributed by atoms with van der Waals surface area (Å²) in [6.45, 7) is 1.76. The van der Waals surface area contributed by atoms with Gasteiger partial charge in [0.15, 0.2) is 0 Å². The Morgan fingerprint density at radius 2 is 1.52 bits per heavy atom. The van der Waals surface area contributed by atoms with Gasteiger partial charge in [-0.25, -0.2) is 13.2 Å². The average molecular weight is 388 g/mol. The molecule has 1 aliphatic heterocycles. The molecule has 1 aliphatic rings. The van der Waals surface area contributed by atoms with Gasteiger partial charge in [0.05, 0.1) is 5.69 Å². The molecule has 4 rings (SSSR count). The molecule has 0 atom stereocenters. The highest BCUT2D eigenvalue weighted by atomic mass is 32.2. The van der Waals surface area contributed by atoms with E-state index in [4.69, 9.17) is 0 Å². The van der Waals surface area contributed by atoms with Crippen LogP contribution < -0.4 is 4.90 Å². The fourth-order valence-electron chi connectivity index (χ4n) is 3.34. The number of halogens is 3. The summed E-state index contributed by atoms with van der Waals surface area (Å²) in [6, 6.07) is 12.1. The van der Waals surface area contributed by atoms with E-state index in [9.17, 15) is 13.2 Å². The first-order chi connectivity index (χ1) is 13.1. The molecule has 3 aromatic rings. The van der Waals surface area contributed by atoms with Crippen LogP contribution in [0.2, 0.25) is 0 Å². The molecule has 1 saturated heterocycles. The van der Waals surface area contributed by atoms with Gasteiger partial charge in [-0.2, -0.15) is 11.8 Å². The van der Waals surface area contributed by atoms with Crippen molar-refractivity contribution in [3.05, 3.63) is 83.3 Å². The molecular formula is C21H19F3N2S. The molecule has 2 aromatic carbocycles. The molecule has 6 heteroatoms. The molecular weight excluding hydrogens is 369 g/mol. The Morgan fingerprint density at radius 3 is 2.22 bits per heavy atom. The normalized spacial score (nSPS) is 14.6. The van der Waals surface area contributed by atoms with E-state index in [-0.39, 0.29) is 5.82 Å². The minimum absolute atomic E-state index is 0.267. The van der Waals surface area contributed by atoms with E-state index in [1.54, 1.807) is 16.7 Å². The highest BCUT2D eigenvalue weighted by molar-refractivity contribution is 7.99. The number of nitrogens with zero attached hydrogens (tertiary/aromatic N) is 2. The fourth-order valence-corrected chi connectivity index (χ4v) is 4.25. The average Bonchev–Trinajstić information content (AvgIpc) is 3.08. The van der Waals surface area contributed by atoms with Crippen molar-refractivity contribution >= 4 is 17.6 Å². The number of hydrogen-bond acceptors (Lipinski definition) is 2. The topological polar surface area (TPSA) is 8.17 Å². The van der Waals surface area contributed by atoms with Gasteiger partial charge in [-0.1, -0.05) is 12.1 Å². The Morgan fingerprint density at radius 1 is 0.815 bits per heavy atom. The lowest BCUT2D eigenvalue weighted by molar-refractivity contribution is 0.577. The molecule has 0 unspecified atom stereocenters. The number of hydrogen-bond donors (Lipinski definition) is 0. The molecule has 2 nitrogen and oxygen atoms in total. The van der Waals surface area contributed by atoms with Crippen molar-refractivity contribution in [3.63, 3.8) is 0 Å². The van der Waals surface area contributed by atoms with Gasteiger partial charge in [-0.05, 0) is 47.9 Å². The fraction of sp³-hybridized carbons (Fsp3) is 0.238. The highest BCUT2D eigenvalue weighted by Crippen LogP contribution is 2.29. The Labute approximate surface area is 160 Å². The summed E-state index contributed by atoms with van der Waals surface area (Å²) >= 11 is 1.90. The maximum atomic E-state index is 14.4. The van der Waals surface area contributed by atoms with Crippen LogP contribution in [0, 0.1) is 17.5 Å². The monoisotopic (exact) mass is 388 g/mol. The quantitative estimate of drug-likeness (QED) is 0.619. The lowest BCUT2D eigenvalue weighted by Gasteiger charge is -2.29. The van der Waals surface area contributed by atoms with E-state index in [1.165, 1.54) is 24.3 Å². The molecule has 2 heterocycles. The Balaban J connectivity index is 1.73. The van der Waals surface area contributed by atoms with E-state index in [1.807, 2.05) is 24.0 Å². The second-order valence-corrected chi connectivity index (χ2v) is 7.80. The van der Waals surface area contributed by atoms with E-state index in [0.29, 0.717) is 12.1 Å². The largest absolute Gasteiger partial charge is 0.356 e. The van der Waals surface area contributed by atoms with Gasteiger partial charge in [-0.3, -0.25) is 0 Å². The maximum absolute atomic E-state index is 14.4. The molecule has 1 fully saturated rings. The van der Waals surface area contributed by atoms with E-state index in [0.717, 1.165) is 47.6 Å². The Kier molecular flexibility index (Phi) is 5.16. The van der Waals surface area contributed by atoms with Crippen LogP contribution in [0.3, 0.4) is 0 Å². The third kappa shape index (κ3) is 4.00. The smallest absolute Gasteiger partial charge is 0.150 e. The zero-order valence-electron chi connectivity index (χ0n) is 14.7. The van der Waals surface area contributed by atoms with Crippen molar-refractivity contribution in [1.29, 1.82) is 0 Å². The predicted molar refractivity (Wildman–Crippen MR) is 104 cm³/mol. The number of thioether (sulfide) groups is 1. The van der Waals surface area contributed by atoms with Gasteiger partial charge < -0.3 is 9.47 Å². The molecule has 0 amide bonds. The van der Waals surface area contributed by atoms with Crippen LogP contribution in [-0.4, -0.2) is 29.2 Å². The first kappa shape index (κ1) is 18.0. The van der Waals surface area contributed by atoms with Crippen molar-refractivity contribution in [2.24, 2.45) is 0 Å². The lowest BCUT2D eigenvalue weighted by atomic mass is 10.1. The van der Waals surface area contributed by atoms with Crippen molar-refractivity contribution in [1.82, 2.24) is 4.57 Å². The molecule has 140 valence electrons. The van der Waals surface area contributed by atoms with Crippen LogP contribution in [-0.2, 0) is 6.42 Å². The van der Waals surface area contributed by atoms with Crippen LogP contribution in [0.15, 0.2) is 54.7 Å². The number of aromatic nitrogens is 1. The second kappa shape index (κ2) is 7.72. The van der Waals surface area contributed by atoms with Crippen molar-refractivity contribution in [2.45, 2.75) is 6.42 Å². The third-order valence-corrected chi connectivity index (χ3v) is 5.62. The third-order valence-electron chi connectivity index (χ3n) is 4.68. The van der Waals surface area contributed by atoms with Crippen LogP contribution >= 0.6 is 11.8 Å². The summed E-state index contributed by atoms with van der Waals surface area (Å²) in [5, 5.41) is 0. The van der Waals surface area contributed by atoms with E-state index >= 15 is 0 Å². The van der Waals surface area contributed by atoms with Crippen LogP contribution in [0.1, 0.15) is 11.1 Å². The van der Waals surface area contributed by atoms with Crippen LogP contribution in [0.25, 0.3) is 5.69 Å². The van der Waals surface area contributed by atoms with Crippen molar-refractivity contribution in [2.75, 3.05) is 29.5 Å². The number of benzene rings is 2. The zero-order chi connectivity index (χ0) is 18.8. The zero-order valence-corrected chi connectivity index (χ0v) is 15.5. The van der Waals surface area contributed by atoms with Gasteiger partial charge in [0.1, 0.15) is 23.3 Å². The summed E-state index contributed by atoms with van der Waals surface area (Å²) in [6.07, 6.45) is 2.50. The maximum Gasteiger partial charge on any atom is 0.150 e. The van der Waals surface area contributed by atoms with Crippen LogP contribution in [0.4, 0.5) is 19.0 Å². The molecule has 1 aromatic heterocycles. The molecule has 0 radical (unpaired) electrons. The van der Waals surface area contributed by atoms with Gasteiger partial charge >= 0.3 is 0 Å². The number of rotatable bonds is 4. The summed E-state index contributed by atoms with van der Waals surface area (Å²) in [7, 11) is 0. The standard InChI is InChI=1S/C21H19F3N2S/c22-17-3-1-15(2-4-17)11-16-12-21(25-7-9-27-10-8-25)26(14-16)20-6-5-18(23)13-19(20)24/h1-6,12-14H,7-11H2. The van der Waals surface area contributed by atoms with Gasteiger partial charge in [0.2, 0.25) is 0 Å². The van der Waals surface area contributed by atoms with E-state index in [2.05, 4.69) is 4.90 Å². The van der Waals surface area contributed by atoms with Crippen molar-refractivity contribution < 1.29 is 13.2 Å². The molecule has 0 spiro atoms. The Hall–Kier alpha value is -2.34. The minimum atomic E-state index is -0.592. The number of anilines is 1. The molecule has 0 bridgehead atoms. The highest BCUT2D eigenvalue weighted by Gasteiger charge is 2.19. The second-order valence-electron chi connectivity index (χ2n) is 6.57. The van der Waals surface area contributed by atoms with Gasteiger partial charge in [0, 0.05) is 36.9 Å². The van der Waals surface area contributed by atoms with Gasteiger partial charge in [0.25, 0.3) is 0 Å². The lowest BCUT2D eigenvalue weighted by Crippen LogP contribution is -2.33. The molecule has 0 N–H and O–H groups in total. The van der Waals surface area contributed by atoms with Crippen LogP contribution in [0.5, 0.6) is 0 Å². The predicted octanol–water partition coefficient (Wildman–Crippen LogP) is 5.04. The first-order valence-electron chi connectivity index (χ1n) is 8.84. The molecule has 0 aliphatic carbocycles. The minimum Gasteiger partial charge on any atom is -0.356 e. The van der Waals surface area contributed by atoms with Crippen molar-refractivity contribution in [3.8, 4) is 5.69 Å². The molecule has 27 heavy (non-hydrogen) atoms.